The zero-order valence-corrected chi connectivity index (χ0v) is 28.1. The van der Waals surface area contributed by atoms with Crippen molar-refractivity contribution in [2.75, 3.05) is 0 Å². The maximum atomic E-state index is 5.25. The van der Waals surface area contributed by atoms with Crippen molar-refractivity contribution in [3.05, 3.63) is 180 Å². The maximum absolute atomic E-state index is 5.25. The molecule has 0 spiro atoms. The predicted octanol–water partition coefficient (Wildman–Crippen LogP) is 11.5. The van der Waals surface area contributed by atoms with Gasteiger partial charge in [0.2, 0.25) is 0 Å². The largest absolute Gasteiger partial charge is 0.363 e. The van der Waals surface area contributed by atoms with Crippen molar-refractivity contribution in [2.45, 2.75) is 38.1 Å². The Hall–Kier alpha value is -5.80. The molecule has 3 nitrogen and oxygen atoms in total. The highest BCUT2D eigenvalue weighted by Crippen LogP contribution is 2.38. The number of pyridine rings is 1. The lowest BCUT2D eigenvalue weighted by atomic mass is 9.89. The molecule has 1 N–H and O–H groups in total. The van der Waals surface area contributed by atoms with Gasteiger partial charge in [0.25, 0.3) is 0 Å². The lowest BCUT2D eigenvalue weighted by molar-refractivity contribution is 0.530. The summed E-state index contributed by atoms with van der Waals surface area (Å²) in [6.07, 6.45) is 29.9. The number of nitrogens with zero attached hydrogens (tertiary/aromatic N) is 2. The highest BCUT2D eigenvalue weighted by atomic mass is 15.1. The van der Waals surface area contributed by atoms with E-state index in [-0.39, 0.29) is 6.04 Å². The molecule has 0 bridgehead atoms. The number of hydrogen-bond acceptors (Lipinski definition) is 3. The van der Waals surface area contributed by atoms with Crippen LogP contribution in [0.2, 0.25) is 0 Å². The van der Waals surface area contributed by atoms with Gasteiger partial charge in [-0.3, -0.25) is 0 Å². The summed E-state index contributed by atoms with van der Waals surface area (Å²) in [7, 11) is 0. The van der Waals surface area contributed by atoms with E-state index in [1.165, 1.54) is 49.6 Å². The summed E-state index contributed by atoms with van der Waals surface area (Å²) in [4.78, 5) is 10.5. The number of fused-ring (bicyclic) bond motifs is 3. The van der Waals surface area contributed by atoms with E-state index in [2.05, 4.69) is 163 Å². The number of rotatable bonds is 6. The van der Waals surface area contributed by atoms with Crippen molar-refractivity contribution in [1.29, 1.82) is 0 Å². The van der Waals surface area contributed by atoms with Gasteiger partial charge in [0.15, 0.2) is 0 Å². The van der Waals surface area contributed by atoms with Gasteiger partial charge in [-0.15, -0.1) is 0 Å². The molecule has 0 fully saturated rings. The number of aromatic nitrogens is 1. The second-order valence-electron chi connectivity index (χ2n) is 13.6. The van der Waals surface area contributed by atoms with Crippen LogP contribution in [0.25, 0.3) is 49.5 Å². The summed E-state index contributed by atoms with van der Waals surface area (Å²) in [5, 5.41) is 7.44. The van der Waals surface area contributed by atoms with Crippen LogP contribution in [-0.2, 0) is 0 Å². The smallest absolute Gasteiger partial charge is 0.134 e. The fraction of sp³-hybridized carbons (Fsp3) is 0.149. The van der Waals surface area contributed by atoms with E-state index in [0.717, 1.165) is 60.4 Å². The number of aliphatic imine (C=N–C) groups is 1. The van der Waals surface area contributed by atoms with Gasteiger partial charge in [-0.1, -0.05) is 127 Å². The minimum atomic E-state index is 0.166. The van der Waals surface area contributed by atoms with E-state index in [0.29, 0.717) is 5.92 Å². The van der Waals surface area contributed by atoms with Crippen molar-refractivity contribution in [1.82, 2.24) is 10.3 Å². The third-order valence-electron chi connectivity index (χ3n) is 10.3. The summed E-state index contributed by atoms with van der Waals surface area (Å²) < 4.78 is 0. The molecule has 0 radical (unpaired) electrons. The van der Waals surface area contributed by atoms with Crippen LogP contribution < -0.4 is 5.32 Å². The van der Waals surface area contributed by atoms with E-state index >= 15 is 0 Å². The Labute approximate surface area is 294 Å². The Kier molecular flexibility index (Phi) is 8.02. The molecular weight excluding hydrogens is 607 g/mol. The molecular formula is C47H39N3. The zero-order chi connectivity index (χ0) is 33.3. The maximum Gasteiger partial charge on any atom is 0.134 e. The first kappa shape index (κ1) is 30.3. The minimum Gasteiger partial charge on any atom is -0.363 e. The number of hydrogen-bond donors (Lipinski definition) is 1. The summed E-state index contributed by atoms with van der Waals surface area (Å²) in [5.41, 5.74) is 11.5. The van der Waals surface area contributed by atoms with Crippen LogP contribution in [0.4, 0.5) is 0 Å². The normalized spacial score (nSPS) is 19.9. The summed E-state index contributed by atoms with van der Waals surface area (Å²) >= 11 is 0. The Morgan fingerprint density at radius 3 is 2.42 bits per heavy atom. The van der Waals surface area contributed by atoms with Crippen LogP contribution in [-0.4, -0.2) is 16.9 Å². The van der Waals surface area contributed by atoms with Crippen LogP contribution in [0.3, 0.4) is 0 Å². The molecule has 0 saturated carbocycles. The van der Waals surface area contributed by atoms with Crippen molar-refractivity contribution in [3.8, 4) is 22.3 Å². The van der Waals surface area contributed by atoms with Crippen molar-refractivity contribution in [2.24, 2.45) is 10.9 Å². The fourth-order valence-electron chi connectivity index (χ4n) is 7.68. The minimum absolute atomic E-state index is 0.166. The molecule has 5 aromatic rings. The average Bonchev–Trinajstić information content (AvgIpc) is 3.21. The van der Waals surface area contributed by atoms with Gasteiger partial charge in [0.05, 0.1) is 22.9 Å². The topological polar surface area (TPSA) is 37.3 Å². The van der Waals surface area contributed by atoms with Crippen LogP contribution in [0.5, 0.6) is 0 Å². The first-order chi connectivity index (χ1) is 24.8. The van der Waals surface area contributed by atoms with Crippen LogP contribution in [0.15, 0.2) is 174 Å². The Bertz CT molecular complexity index is 2380. The van der Waals surface area contributed by atoms with Gasteiger partial charge in [-0.05, 0) is 107 Å². The molecule has 2 heterocycles. The molecule has 3 heteroatoms. The first-order valence-electron chi connectivity index (χ1n) is 17.9. The van der Waals surface area contributed by atoms with Crippen molar-refractivity contribution < 1.29 is 0 Å². The Balaban J connectivity index is 1.15. The molecule has 0 saturated heterocycles. The second-order valence-corrected chi connectivity index (χ2v) is 13.6. The van der Waals surface area contributed by atoms with Crippen molar-refractivity contribution >= 4 is 33.1 Å². The number of benzene rings is 4. The molecule has 50 heavy (non-hydrogen) atoms. The molecule has 1 aromatic heterocycles. The molecule has 242 valence electrons. The highest BCUT2D eigenvalue weighted by molar-refractivity contribution is 6.14. The predicted molar refractivity (Wildman–Crippen MR) is 211 cm³/mol. The van der Waals surface area contributed by atoms with E-state index in [1.807, 2.05) is 0 Å². The summed E-state index contributed by atoms with van der Waals surface area (Å²) in [6, 6.07) is 33.4. The first-order valence-corrected chi connectivity index (χ1v) is 17.9. The second kappa shape index (κ2) is 13.2. The highest BCUT2D eigenvalue weighted by Gasteiger charge is 2.25. The average molecular weight is 646 g/mol. The standard InChI is InChI=1S/C47H39N3/c1-5-14-32(15-6-1)41-30-43(34-16-7-2-8-17-34)48-42-27-26-33-24-25-38(29-40(33)46(41)42)37-22-13-23-39(28-37)47-49-44(35-18-9-3-10-19-35)31-45(50-47)36-20-11-4-12-21-36/h1-3,5-7,9-11,13-16,18,20-31,35,44H,4,8,12,17,19H2,(H,49,50). The van der Waals surface area contributed by atoms with E-state index in [1.54, 1.807) is 0 Å². The third-order valence-corrected chi connectivity index (χ3v) is 10.3. The summed E-state index contributed by atoms with van der Waals surface area (Å²) in [6.45, 7) is 0. The number of nitrogens with one attached hydrogen (secondary N) is 1. The quantitative estimate of drug-likeness (QED) is 0.187. The summed E-state index contributed by atoms with van der Waals surface area (Å²) in [5.74, 6) is 1.31. The lowest BCUT2D eigenvalue weighted by Gasteiger charge is -2.30. The monoisotopic (exact) mass is 645 g/mol. The Morgan fingerprint density at radius 1 is 0.700 bits per heavy atom. The van der Waals surface area contributed by atoms with Gasteiger partial charge in [0, 0.05) is 16.9 Å². The fourth-order valence-corrected chi connectivity index (χ4v) is 7.68. The number of allylic oxidation sites excluding steroid dienone is 10. The molecule has 1 aliphatic heterocycles. The molecule has 4 aliphatic rings. The van der Waals surface area contributed by atoms with Crippen LogP contribution in [0.1, 0.15) is 43.4 Å². The van der Waals surface area contributed by atoms with Crippen LogP contribution in [0, 0.1) is 5.92 Å². The van der Waals surface area contributed by atoms with Crippen molar-refractivity contribution in [3.63, 3.8) is 0 Å². The van der Waals surface area contributed by atoms with Gasteiger partial charge in [-0.25, -0.2) is 9.98 Å². The van der Waals surface area contributed by atoms with Gasteiger partial charge < -0.3 is 5.32 Å². The number of amidine groups is 1. The van der Waals surface area contributed by atoms with Gasteiger partial charge >= 0.3 is 0 Å². The third kappa shape index (κ3) is 5.90. The van der Waals surface area contributed by atoms with Crippen LogP contribution >= 0.6 is 0 Å². The lowest BCUT2D eigenvalue weighted by Crippen LogP contribution is -2.41. The molecule has 2 atom stereocenters. The van der Waals surface area contributed by atoms with E-state index < -0.39 is 0 Å². The Morgan fingerprint density at radius 2 is 1.58 bits per heavy atom. The van der Waals surface area contributed by atoms with Gasteiger partial charge in [0.1, 0.15) is 5.84 Å². The molecule has 0 amide bonds. The SMILES string of the molecule is C1=CCCC(c2cc(-c3ccccc3)c3c(ccc4ccc(-c5cccc(C6=NC(C7=CCCC=C7)=CC(C7C=CC=CC7)N6)c5)cc43)n2)=C1. The van der Waals surface area contributed by atoms with Gasteiger partial charge in [-0.2, -0.15) is 0 Å². The molecule has 2 unspecified atom stereocenters. The molecule has 9 rings (SSSR count). The van der Waals surface area contributed by atoms with E-state index in [9.17, 15) is 0 Å². The van der Waals surface area contributed by atoms with E-state index in [4.69, 9.17) is 9.98 Å². The molecule has 3 aliphatic carbocycles. The molecule has 4 aromatic carbocycles. The zero-order valence-electron chi connectivity index (χ0n) is 28.1.